The molecule has 1 N–H and O–H groups in total. The first-order valence-electron chi connectivity index (χ1n) is 8.63. The van der Waals surface area contributed by atoms with E-state index in [-0.39, 0.29) is 0 Å². The number of rotatable bonds is 6. The van der Waals surface area contributed by atoms with E-state index >= 15 is 0 Å². The second-order valence-electron chi connectivity index (χ2n) is 7.35. The first kappa shape index (κ1) is 15.3. The van der Waals surface area contributed by atoms with E-state index in [1.165, 1.54) is 84.1 Å². The zero-order chi connectivity index (χ0) is 13.6. The Balaban J connectivity index is 1.56. The molecule has 0 aromatic carbocycles. The SMILES string of the molecule is CC(C)CNCCCN1CCC2(CCCCC2)CC1. The molecule has 1 heterocycles. The standard InChI is InChI=1S/C17H34N2/c1-16(2)15-18-11-6-12-19-13-9-17(10-14-19)7-4-3-5-8-17/h16,18H,3-15H2,1-2H3. The lowest BCUT2D eigenvalue weighted by Crippen LogP contribution is -2.41. The quantitative estimate of drug-likeness (QED) is 0.738. The van der Waals surface area contributed by atoms with Gasteiger partial charge in [-0.3, -0.25) is 0 Å². The van der Waals surface area contributed by atoms with Crippen LogP contribution in [0.25, 0.3) is 0 Å². The Kier molecular flexibility index (Phi) is 6.15. The van der Waals surface area contributed by atoms with Gasteiger partial charge in [-0.2, -0.15) is 0 Å². The van der Waals surface area contributed by atoms with Gasteiger partial charge in [0.1, 0.15) is 0 Å². The fraction of sp³-hybridized carbons (Fsp3) is 1.00. The minimum Gasteiger partial charge on any atom is -0.316 e. The van der Waals surface area contributed by atoms with E-state index in [0.717, 1.165) is 11.3 Å². The van der Waals surface area contributed by atoms with E-state index in [1.807, 2.05) is 0 Å². The van der Waals surface area contributed by atoms with Gasteiger partial charge in [0.05, 0.1) is 0 Å². The smallest absolute Gasteiger partial charge is 0.000663 e. The van der Waals surface area contributed by atoms with Crippen LogP contribution in [0.15, 0.2) is 0 Å². The molecular weight excluding hydrogens is 232 g/mol. The number of hydrogen-bond donors (Lipinski definition) is 1. The summed E-state index contributed by atoms with van der Waals surface area (Å²) in [6.45, 7) is 11.0. The number of nitrogens with one attached hydrogen (secondary N) is 1. The maximum absolute atomic E-state index is 3.55. The summed E-state index contributed by atoms with van der Waals surface area (Å²) in [5, 5.41) is 3.55. The van der Waals surface area contributed by atoms with Crippen LogP contribution in [0.1, 0.15) is 65.2 Å². The Labute approximate surface area is 120 Å². The highest BCUT2D eigenvalue weighted by Crippen LogP contribution is 2.44. The summed E-state index contributed by atoms with van der Waals surface area (Å²) >= 11 is 0. The van der Waals surface area contributed by atoms with Crippen molar-refractivity contribution in [3.63, 3.8) is 0 Å². The molecule has 0 aromatic rings. The monoisotopic (exact) mass is 266 g/mol. The van der Waals surface area contributed by atoms with Crippen molar-refractivity contribution in [1.82, 2.24) is 10.2 Å². The molecule has 112 valence electrons. The van der Waals surface area contributed by atoms with Gasteiger partial charge in [-0.25, -0.2) is 0 Å². The van der Waals surface area contributed by atoms with Crippen molar-refractivity contribution in [2.75, 3.05) is 32.7 Å². The lowest BCUT2D eigenvalue weighted by Gasteiger charge is -2.44. The summed E-state index contributed by atoms with van der Waals surface area (Å²) in [7, 11) is 0. The minimum atomic E-state index is 0.768. The van der Waals surface area contributed by atoms with E-state index in [0.29, 0.717) is 0 Å². The van der Waals surface area contributed by atoms with Crippen molar-refractivity contribution in [2.24, 2.45) is 11.3 Å². The summed E-state index contributed by atoms with van der Waals surface area (Å²) in [5.41, 5.74) is 0.768. The van der Waals surface area contributed by atoms with Gasteiger partial charge >= 0.3 is 0 Å². The zero-order valence-corrected chi connectivity index (χ0v) is 13.2. The second kappa shape index (κ2) is 7.64. The van der Waals surface area contributed by atoms with Gasteiger partial charge in [0.2, 0.25) is 0 Å². The van der Waals surface area contributed by atoms with Gasteiger partial charge in [0, 0.05) is 0 Å². The van der Waals surface area contributed by atoms with Gasteiger partial charge in [0.25, 0.3) is 0 Å². The van der Waals surface area contributed by atoms with Crippen LogP contribution in [0.3, 0.4) is 0 Å². The molecule has 2 nitrogen and oxygen atoms in total. The Morgan fingerprint density at radius 2 is 1.68 bits per heavy atom. The second-order valence-corrected chi connectivity index (χ2v) is 7.35. The topological polar surface area (TPSA) is 15.3 Å². The van der Waals surface area contributed by atoms with E-state index in [2.05, 4.69) is 24.1 Å². The van der Waals surface area contributed by atoms with E-state index in [1.54, 1.807) is 0 Å². The molecule has 1 aliphatic heterocycles. The molecule has 0 aromatic heterocycles. The molecule has 1 aliphatic carbocycles. The van der Waals surface area contributed by atoms with Crippen LogP contribution in [0.2, 0.25) is 0 Å². The van der Waals surface area contributed by atoms with Crippen LogP contribution in [0.4, 0.5) is 0 Å². The van der Waals surface area contributed by atoms with E-state index < -0.39 is 0 Å². The van der Waals surface area contributed by atoms with Gasteiger partial charge in [0.15, 0.2) is 0 Å². The van der Waals surface area contributed by atoms with Crippen LogP contribution in [0.5, 0.6) is 0 Å². The molecule has 2 aliphatic rings. The third-order valence-corrected chi connectivity index (χ3v) is 5.21. The van der Waals surface area contributed by atoms with Crippen molar-refractivity contribution in [1.29, 1.82) is 0 Å². The molecule has 1 saturated heterocycles. The zero-order valence-electron chi connectivity index (χ0n) is 13.2. The maximum Gasteiger partial charge on any atom is -0.000663 e. The lowest BCUT2D eigenvalue weighted by molar-refractivity contribution is 0.0673. The van der Waals surface area contributed by atoms with E-state index in [9.17, 15) is 0 Å². The maximum atomic E-state index is 3.55. The van der Waals surface area contributed by atoms with Crippen LogP contribution in [-0.2, 0) is 0 Å². The number of hydrogen-bond acceptors (Lipinski definition) is 2. The molecule has 0 unspecified atom stereocenters. The molecule has 2 rings (SSSR count). The number of nitrogens with zero attached hydrogens (tertiary/aromatic N) is 1. The lowest BCUT2D eigenvalue weighted by atomic mass is 9.68. The molecular formula is C17H34N2. The third kappa shape index (κ3) is 5.07. The van der Waals surface area contributed by atoms with Gasteiger partial charge in [-0.15, -0.1) is 0 Å². The molecule has 2 fully saturated rings. The predicted octanol–water partition coefficient (Wildman–Crippen LogP) is 3.67. The molecule has 2 heteroatoms. The molecule has 1 spiro atoms. The van der Waals surface area contributed by atoms with Crippen LogP contribution >= 0.6 is 0 Å². The minimum absolute atomic E-state index is 0.768. The highest BCUT2D eigenvalue weighted by atomic mass is 15.1. The predicted molar refractivity (Wildman–Crippen MR) is 83.5 cm³/mol. The van der Waals surface area contributed by atoms with Gasteiger partial charge in [-0.1, -0.05) is 33.1 Å². The summed E-state index contributed by atoms with van der Waals surface area (Å²) in [5.74, 6) is 0.779. The normalized spacial score (nSPS) is 24.2. The van der Waals surface area contributed by atoms with Crippen molar-refractivity contribution in [3.05, 3.63) is 0 Å². The summed E-state index contributed by atoms with van der Waals surface area (Å²) in [6.07, 6.45) is 11.8. The van der Waals surface area contributed by atoms with Crippen molar-refractivity contribution >= 4 is 0 Å². The van der Waals surface area contributed by atoms with Crippen LogP contribution < -0.4 is 5.32 Å². The van der Waals surface area contributed by atoms with Crippen molar-refractivity contribution in [2.45, 2.75) is 65.2 Å². The van der Waals surface area contributed by atoms with Crippen molar-refractivity contribution < 1.29 is 0 Å². The van der Waals surface area contributed by atoms with E-state index in [4.69, 9.17) is 0 Å². The Morgan fingerprint density at radius 1 is 1.00 bits per heavy atom. The summed E-state index contributed by atoms with van der Waals surface area (Å²) in [6, 6.07) is 0. The highest BCUT2D eigenvalue weighted by molar-refractivity contribution is 4.88. The number of likely N-dealkylation sites (tertiary alicyclic amines) is 1. The molecule has 0 atom stereocenters. The third-order valence-electron chi connectivity index (χ3n) is 5.21. The van der Waals surface area contributed by atoms with Crippen LogP contribution in [0, 0.1) is 11.3 Å². The van der Waals surface area contributed by atoms with Crippen LogP contribution in [-0.4, -0.2) is 37.6 Å². The molecule has 0 radical (unpaired) electrons. The van der Waals surface area contributed by atoms with Crippen molar-refractivity contribution in [3.8, 4) is 0 Å². The van der Waals surface area contributed by atoms with Gasteiger partial charge in [-0.05, 0) is 76.2 Å². The largest absolute Gasteiger partial charge is 0.316 e. The molecule has 0 bridgehead atoms. The Morgan fingerprint density at radius 3 is 2.32 bits per heavy atom. The first-order chi connectivity index (χ1) is 9.20. The molecule has 0 amide bonds. The first-order valence-corrected chi connectivity index (χ1v) is 8.63. The highest BCUT2D eigenvalue weighted by Gasteiger charge is 2.35. The molecule has 19 heavy (non-hydrogen) atoms. The summed E-state index contributed by atoms with van der Waals surface area (Å²) < 4.78 is 0. The average molecular weight is 266 g/mol. The number of piperidine rings is 1. The average Bonchev–Trinajstić information content (AvgIpc) is 2.41. The fourth-order valence-electron chi connectivity index (χ4n) is 3.87. The van der Waals surface area contributed by atoms with Gasteiger partial charge < -0.3 is 10.2 Å². The fourth-order valence-corrected chi connectivity index (χ4v) is 3.87. The Hall–Kier alpha value is -0.0800. The summed E-state index contributed by atoms with van der Waals surface area (Å²) in [4.78, 5) is 2.71. The Bertz CT molecular complexity index is 234. The molecule has 1 saturated carbocycles.